The Labute approximate surface area is 136 Å². The summed E-state index contributed by atoms with van der Waals surface area (Å²) in [6.45, 7) is 2.24. The third-order valence-electron chi connectivity index (χ3n) is 3.16. The Bertz CT molecular complexity index is 733. The Morgan fingerprint density at radius 1 is 1.13 bits per heavy atom. The fourth-order valence-electron chi connectivity index (χ4n) is 1.88. The molecule has 0 fully saturated rings. The lowest BCUT2D eigenvalue weighted by Gasteiger charge is -2.08. The number of hydrogen-bond acceptors (Lipinski definition) is 6. The molecule has 0 bridgehead atoms. The summed E-state index contributed by atoms with van der Waals surface area (Å²) in [5.41, 5.74) is 1.15. The van der Waals surface area contributed by atoms with Crippen LogP contribution < -0.4 is 14.8 Å². The van der Waals surface area contributed by atoms with Gasteiger partial charge in [-0.1, -0.05) is 12.1 Å². The van der Waals surface area contributed by atoms with E-state index >= 15 is 0 Å². The van der Waals surface area contributed by atoms with Gasteiger partial charge in [-0.15, -0.1) is 10.2 Å². The number of methoxy groups -OCH3 is 1. The third kappa shape index (κ3) is 5.41. The second-order valence-corrected chi connectivity index (χ2v) is 6.85. The van der Waals surface area contributed by atoms with E-state index in [1.165, 1.54) is 0 Å². The maximum absolute atomic E-state index is 11.4. The van der Waals surface area contributed by atoms with E-state index in [4.69, 9.17) is 4.74 Å². The molecular weight excluding hydrogens is 316 g/mol. The van der Waals surface area contributed by atoms with Crippen LogP contribution in [-0.4, -0.2) is 38.0 Å². The minimum Gasteiger partial charge on any atom is -0.497 e. The summed E-state index contributed by atoms with van der Waals surface area (Å²) in [6, 6.07) is 11.1. The molecule has 0 amide bonds. The van der Waals surface area contributed by atoms with E-state index in [0.717, 1.165) is 17.7 Å². The fourth-order valence-corrected chi connectivity index (χ4v) is 2.45. The molecule has 124 valence electrons. The molecule has 0 radical (unpaired) electrons. The Morgan fingerprint density at radius 3 is 2.52 bits per heavy atom. The highest BCUT2D eigenvalue weighted by molar-refractivity contribution is 7.92. The Kier molecular flexibility index (Phi) is 5.75. The number of hydrogen-bond donors (Lipinski definition) is 2. The van der Waals surface area contributed by atoms with E-state index in [-0.39, 0.29) is 11.6 Å². The second-order valence-electron chi connectivity index (χ2n) is 4.84. The average Bonchev–Trinajstić information content (AvgIpc) is 2.56. The molecule has 0 aliphatic rings. The van der Waals surface area contributed by atoms with Crippen molar-refractivity contribution in [3.05, 3.63) is 42.0 Å². The van der Waals surface area contributed by atoms with Gasteiger partial charge < -0.3 is 10.1 Å². The summed E-state index contributed by atoms with van der Waals surface area (Å²) in [5.74, 6) is 1.63. The highest BCUT2D eigenvalue weighted by atomic mass is 32.2. The molecule has 2 N–H and O–H groups in total. The SMILES string of the molecule is CCS(=O)(=O)Nc1ccc(NCCc2cccc(OC)c2)nn1. The molecule has 8 heteroatoms. The van der Waals surface area contributed by atoms with Crippen LogP contribution in [0.1, 0.15) is 12.5 Å². The summed E-state index contributed by atoms with van der Waals surface area (Å²) >= 11 is 0. The zero-order valence-electron chi connectivity index (χ0n) is 13.1. The molecule has 1 heterocycles. The highest BCUT2D eigenvalue weighted by Crippen LogP contribution is 2.13. The monoisotopic (exact) mass is 336 g/mol. The van der Waals surface area contributed by atoms with Gasteiger partial charge >= 0.3 is 0 Å². The van der Waals surface area contributed by atoms with Gasteiger partial charge in [0.25, 0.3) is 0 Å². The minimum absolute atomic E-state index is 0.00474. The molecule has 0 aliphatic heterocycles. The summed E-state index contributed by atoms with van der Waals surface area (Å²) in [5, 5.41) is 10.9. The van der Waals surface area contributed by atoms with E-state index in [2.05, 4.69) is 20.2 Å². The van der Waals surface area contributed by atoms with Crippen LogP contribution in [-0.2, 0) is 16.4 Å². The standard InChI is InChI=1S/C15H20N4O3S/c1-3-23(20,21)19-15-8-7-14(17-18-15)16-10-9-12-5-4-6-13(11-12)22-2/h4-8,11H,3,9-10H2,1-2H3,(H,16,17)(H,18,19). The van der Waals surface area contributed by atoms with Crippen LogP contribution in [0.4, 0.5) is 11.6 Å². The van der Waals surface area contributed by atoms with E-state index in [9.17, 15) is 8.42 Å². The van der Waals surface area contributed by atoms with Crippen LogP contribution in [0.3, 0.4) is 0 Å². The normalized spacial score (nSPS) is 11.0. The lowest BCUT2D eigenvalue weighted by atomic mass is 10.1. The van der Waals surface area contributed by atoms with E-state index in [1.807, 2.05) is 24.3 Å². The molecular formula is C15H20N4O3S. The van der Waals surface area contributed by atoms with Crippen molar-refractivity contribution in [2.24, 2.45) is 0 Å². The van der Waals surface area contributed by atoms with Crippen LogP contribution in [0.25, 0.3) is 0 Å². The topological polar surface area (TPSA) is 93.2 Å². The molecule has 23 heavy (non-hydrogen) atoms. The Hall–Kier alpha value is -2.35. The molecule has 0 spiro atoms. The number of nitrogens with zero attached hydrogens (tertiary/aromatic N) is 2. The third-order valence-corrected chi connectivity index (χ3v) is 4.44. The Balaban J connectivity index is 1.86. The molecule has 0 atom stereocenters. The van der Waals surface area contributed by atoms with E-state index < -0.39 is 10.0 Å². The van der Waals surface area contributed by atoms with Crippen molar-refractivity contribution in [2.45, 2.75) is 13.3 Å². The molecule has 0 unspecified atom stereocenters. The first kappa shape index (κ1) is 17.0. The molecule has 1 aromatic heterocycles. The predicted octanol–water partition coefficient (Wildman–Crippen LogP) is 1.90. The lowest BCUT2D eigenvalue weighted by Crippen LogP contribution is -2.16. The van der Waals surface area contributed by atoms with Gasteiger partial charge in [0.2, 0.25) is 10.0 Å². The smallest absolute Gasteiger partial charge is 0.233 e. The van der Waals surface area contributed by atoms with Gasteiger partial charge in [-0.05, 0) is 43.2 Å². The number of benzene rings is 1. The number of ether oxygens (including phenoxy) is 1. The molecule has 2 rings (SSSR count). The van der Waals surface area contributed by atoms with Crippen LogP contribution in [0, 0.1) is 0 Å². The molecule has 2 aromatic rings. The zero-order valence-corrected chi connectivity index (χ0v) is 13.9. The Morgan fingerprint density at radius 2 is 1.87 bits per heavy atom. The highest BCUT2D eigenvalue weighted by Gasteiger charge is 2.07. The number of anilines is 2. The van der Waals surface area contributed by atoms with Gasteiger partial charge in [0.1, 0.15) is 11.6 Å². The largest absolute Gasteiger partial charge is 0.497 e. The quantitative estimate of drug-likeness (QED) is 0.765. The van der Waals surface area contributed by atoms with Gasteiger partial charge in [-0.2, -0.15) is 0 Å². The molecule has 0 saturated carbocycles. The van der Waals surface area contributed by atoms with Crippen LogP contribution in [0.5, 0.6) is 5.75 Å². The second kappa shape index (κ2) is 7.77. The van der Waals surface area contributed by atoms with Gasteiger partial charge in [-0.25, -0.2) is 8.42 Å². The molecule has 7 nitrogen and oxygen atoms in total. The van der Waals surface area contributed by atoms with E-state index in [1.54, 1.807) is 26.2 Å². The number of nitrogens with one attached hydrogen (secondary N) is 2. The number of rotatable bonds is 8. The maximum Gasteiger partial charge on any atom is 0.233 e. The van der Waals surface area contributed by atoms with Crippen molar-refractivity contribution in [3.8, 4) is 5.75 Å². The van der Waals surface area contributed by atoms with E-state index in [0.29, 0.717) is 12.4 Å². The van der Waals surface area contributed by atoms with Crippen LogP contribution in [0.2, 0.25) is 0 Å². The number of sulfonamides is 1. The fraction of sp³-hybridized carbons (Fsp3) is 0.333. The summed E-state index contributed by atoms with van der Waals surface area (Å²) in [4.78, 5) is 0. The lowest BCUT2D eigenvalue weighted by molar-refractivity contribution is 0.414. The molecule has 0 aliphatic carbocycles. The maximum atomic E-state index is 11.4. The van der Waals surface area contributed by atoms with Crippen molar-refractivity contribution in [1.82, 2.24) is 10.2 Å². The zero-order chi connectivity index (χ0) is 16.7. The van der Waals surface area contributed by atoms with Crippen molar-refractivity contribution < 1.29 is 13.2 Å². The minimum atomic E-state index is -3.33. The van der Waals surface area contributed by atoms with Crippen LogP contribution in [0.15, 0.2) is 36.4 Å². The van der Waals surface area contributed by atoms with Gasteiger partial charge in [0.15, 0.2) is 5.82 Å². The van der Waals surface area contributed by atoms with Crippen molar-refractivity contribution >= 4 is 21.7 Å². The summed E-state index contributed by atoms with van der Waals surface area (Å²) < 4.78 is 30.4. The first-order valence-corrected chi connectivity index (χ1v) is 8.88. The summed E-state index contributed by atoms with van der Waals surface area (Å²) in [6.07, 6.45) is 0.809. The molecule has 1 aromatic carbocycles. The van der Waals surface area contributed by atoms with Gasteiger partial charge in [-0.3, -0.25) is 4.72 Å². The van der Waals surface area contributed by atoms with Crippen molar-refractivity contribution in [2.75, 3.05) is 29.4 Å². The van der Waals surface area contributed by atoms with Crippen molar-refractivity contribution in [3.63, 3.8) is 0 Å². The first-order chi connectivity index (χ1) is 11.0. The van der Waals surface area contributed by atoms with Gasteiger partial charge in [0, 0.05) is 6.54 Å². The van der Waals surface area contributed by atoms with Gasteiger partial charge in [0.05, 0.1) is 12.9 Å². The average molecular weight is 336 g/mol. The number of aromatic nitrogens is 2. The molecule has 0 saturated heterocycles. The van der Waals surface area contributed by atoms with Crippen molar-refractivity contribution in [1.29, 1.82) is 0 Å². The summed E-state index contributed by atoms with van der Waals surface area (Å²) in [7, 11) is -1.69. The first-order valence-electron chi connectivity index (χ1n) is 7.23. The predicted molar refractivity (Wildman–Crippen MR) is 90.3 cm³/mol. The van der Waals surface area contributed by atoms with Crippen LogP contribution >= 0.6 is 0 Å².